The van der Waals surface area contributed by atoms with E-state index in [2.05, 4.69) is 73.0 Å². The Kier molecular flexibility index (Phi) is 5.54. The second-order valence-electron chi connectivity index (χ2n) is 12.5. The number of rotatable bonds is 4. The van der Waals surface area contributed by atoms with Gasteiger partial charge in [-0.3, -0.25) is 4.79 Å². The summed E-state index contributed by atoms with van der Waals surface area (Å²) in [4.78, 5) is 26.6. The first-order chi connectivity index (χ1) is 18.2. The van der Waals surface area contributed by atoms with E-state index in [-0.39, 0.29) is 6.04 Å². The van der Waals surface area contributed by atoms with Crippen molar-refractivity contribution in [1.29, 1.82) is 0 Å². The van der Waals surface area contributed by atoms with Gasteiger partial charge in [0.05, 0.1) is 11.7 Å². The Morgan fingerprint density at radius 3 is 2.63 bits per heavy atom. The van der Waals surface area contributed by atoms with E-state index in [1.807, 2.05) is 15.9 Å². The highest BCUT2D eigenvalue weighted by Gasteiger charge is 2.49. The van der Waals surface area contributed by atoms with Gasteiger partial charge in [-0.1, -0.05) is 20.8 Å². The first-order valence-electron chi connectivity index (χ1n) is 14.2. The number of likely N-dealkylation sites (tertiary alicyclic amines) is 1. The minimum Gasteiger partial charge on any atom is -0.346 e. The number of amides is 1. The van der Waals surface area contributed by atoms with E-state index in [9.17, 15) is 4.79 Å². The minimum atomic E-state index is 0.0280. The lowest BCUT2D eigenvalue weighted by atomic mass is 9.88. The van der Waals surface area contributed by atoms with Crippen molar-refractivity contribution in [1.82, 2.24) is 29.8 Å². The molecule has 2 bridgehead atoms. The molecule has 4 aromatic heterocycles. The van der Waals surface area contributed by atoms with Crippen LogP contribution in [0, 0.1) is 32.6 Å². The SMILES string of the molecule is Cc1c(-c2[nH]c3sc([C@@H]4CC5C[C@H]4CN5C(=O)[C@H]4C[C@H](C)CN4)c(C)c3c2C(C)C)cn2ncnc2c1C. The summed E-state index contributed by atoms with van der Waals surface area (Å²) in [5.74, 6) is 2.46. The normalized spacial score (nSPS) is 27.1. The Bertz CT molecular complexity index is 1580. The summed E-state index contributed by atoms with van der Waals surface area (Å²) in [6.45, 7) is 15.4. The number of fused-ring (bicyclic) bond motifs is 4. The molecule has 1 unspecified atom stereocenters. The number of nitrogens with zero attached hydrogens (tertiary/aromatic N) is 4. The van der Waals surface area contributed by atoms with Crippen LogP contribution in [0.5, 0.6) is 0 Å². The molecule has 1 amide bonds. The quantitative estimate of drug-likeness (QED) is 0.355. The van der Waals surface area contributed by atoms with Gasteiger partial charge < -0.3 is 15.2 Å². The molecule has 0 spiro atoms. The highest BCUT2D eigenvalue weighted by atomic mass is 32.1. The molecule has 3 fully saturated rings. The Morgan fingerprint density at radius 1 is 1.13 bits per heavy atom. The number of carbonyl (C=O) groups excluding carboxylic acids is 1. The van der Waals surface area contributed by atoms with Crippen molar-refractivity contribution in [2.24, 2.45) is 11.8 Å². The number of hydrogen-bond donors (Lipinski definition) is 2. The van der Waals surface area contributed by atoms with Crippen LogP contribution in [0.2, 0.25) is 0 Å². The average molecular weight is 531 g/mol. The number of pyridine rings is 1. The van der Waals surface area contributed by atoms with E-state index in [1.54, 1.807) is 6.33 Å². The number of aromatic amines is 1. The molecule has 2 N–H and O–H groups in total. The first-order valence-corrected chi connectivity index (χ1v) is 15.0. The molecule has 8 heteroatoms. The highest BCUT2D eigenvalue weighted by Crippen LogP contribution is 2.53. The van der Waals surface area contributed by atoms with Crippen molar-refractivity contribution in [3.8, 4) is 11.3 Å². The number of hydrogen-bond acceptors (Lipinski definition) is 5. The van der Waals surface area contributed by atoms with Crippen LogP contribution < -0.4 is 5.32 Å². The molecule has 38 heavy (non-hydrogen) atoms. The zero-order chi connectivity index (χ0) is 26.5. The van der Waals surface area contributed by atoms with Gasteiger partial charge in [0.25, 0.3) is 0 Å². The van der Waals surface area contributed by atoms with Crippen molar-refractivity contribution < 1.29 is 4.79 Å². The zero-order valence-electron chi connectivity index (χ0n) is 23.3. The van der Waals surface area contributed by atoms with Gasteiger partial charge in [-0.2, -0.15) is 5.10 Å². The van der Waals surface area contributed by atoms with Crippen LogP contribution in [0.1, 0.15) is 79.0 Å². The second-order valence-corrected chi connectivity index (χ2v) is 13.5. The van der Waals surface area contributed by atoms with Crippen LogP contribution in [0.4, 0.5) is 0 Å². The van der Waals surface area contributed by atoms with E-state index in [0.29, 0.717) is 35.6 Å². The lowest BCUT2D eigenvalue weighted by Crippen LogP contribution is -2.47. The van der Waals surface area contributed by atoms with E-state index < -0.39 is 0 Å². The molecular formula is C30H38N6OS. The Labute approximate surface area is 228 Å². The van der Waals surface area contributed by atoms with Gasteiger partial charge >= 0.3 is 0 Å². The van der Waals surface area contributed by atoms with Gasteiger partial charge in [-0.05, 0) is 86.6 Å². The average Bonchev–Trinajstić information content (AvgIpc) is 3.71. The first kappa shape index (κ1) is 24.3. The van der Waals surface area contributed by atoms with E-state index in [0.717, 1.165) is 38.0 Å². The van der Waals surface area contributed by atoms with Crippen LogP contribution >= 0.6 is 11.3 Å². The third kappa shape index (κ3) is 3.45. The van der Waals surface area contributed by atoms with Gasteiger partial charge in [0.1, 0.15) is 11.2 Å². The van der Waals surface area contributed by atoms with Crippen LogP contribution in [0.25, 0.3) is 27.1 Å². The Hall–Kier alpha value is -2.71. The van der Waals surface area contributed by atoms with Crippen LogP contribution in [0.3, 0.4) is 0 Å². The third-order valence-corrected chi connectivity index (χ3v) is 11.1. The third-order valence-electron chi connectivity index (χ3n) is 9.74. The van der Waals surface area contributed by atoms with Gasteiger partial charge in [0.2, 0.25) is 5.91 Å². The van der Waals surface area contributed by atoms with Crippen molar-refractivity contribution in [3.63, 3.8) is 0 Å². The summed E-state index contributed by atoms with van der Waals surface area (Å²) in [5.41, 5.74) is 8.62. The molecule has 2 aliphatic heterocycles. The molecule has 200 valence electrons. The summed E-state index contributed by atoms with van der Waals surface area (Å²) < 4.78 is 1.90. The number of nitrogens with one attached hydrogen (secondary N) is 2. The fraction of sp³-hybridized carbons (Fsp3) is 0.567. The van der Waals surface area contributed by atoms with Gasteiger partial charge in [0.15, 0.2) is 5.65 Å². The molecule has 0 aromatic carbocycles. The van der Waals surface area contributed by atoms with Gasteiger partial charge in [0, 0.05) is 40.5 Å². The molecule has 7 rings (SSSR count). The molecule has 5 atom stereocenters. The molecule has 1 aliphatic carbocycles. The molecule has 7 nitrogen and oxygen atoms in total. The van der Waals surface area contributed by atoms with Crippen LogP contribution in [-0.4, -0.2) is 55.6 Å². The van der Waals surface area contributed by atoms with Crippen molar-refractivity contribution in [2.45, 2.75) is 84.7 Å². The Balaban J connectivity index is 1.23. The standard InChI is InChI=1S/C30H38N6OS/c1-14(2)24-25-18(6)27(21-9-20-8-19(21)11-35(20)30(37)23-7-15(3)10-31-23)38-29(25)34-26(24)22-12-36-28(32-13-33-36)17(5)16(22)4/h12-15,19-21,23,31,34H,7-11H2,1-6H3/t15-,19-,20?,21+,23+/m0/s1. The largest absolute Gasteiger partial charge is 0.346 e. The number of carbonyl (C=O) groups is 1. The Morgan fingerprint density at radius 2 is 1.95 bits per heavy atom. The lowest BCUT2D eigenvalue weighted by Gasteiger charge is -2.33. The smallest absolute Gasteiger partial charge is 0.239 e. The summed E-state index contributed by atoms with van der Waals surface area (Å²) in [6, 6.07) is 0.426. The number of thiophene rings is 1. The van der Waals surface area contributed by atoms with Crippen molar-refractivity contribution in [3.05, 3.63) is 39.7 Å². The second kappa shape index (κ2) is 8.65. The molecule has 3 aliphatic rings. The molecule has 1 saturated carbocycles. The summed E-state index contributed by atoms with van der Waals surface area (Å²) in [7, 11) is 0. The molecular weight excluding hydrogens is 492 g/mol. The summed E-state index contributed by atoms with van der Waals surface area (Å²) in [6.07, 6.45) is 7.00. The van der Waals surface area contributed by atoms with Crippen molar-refractivity contribution >= 4 is 33.1 Å². The van der Waals surface area contributed by atoms with Gasteiger partial charge in [-0.15, -0.1) is 11.3 Å². The summed E-state index contributed by atoms with van der Waals surface area (Å²) in [5, 5.41) is 9.30. The maximum absolute atomic E-state index is 13.3. The minimum absolute atomic E-state index is 0.0280. The fourth-order valence-corrected chi connectivity index (χ4v) is 9.13. The number of H-pyrrole nitrogens is 1. The topological polar surface area (TPSA) is 78.3 Å². The lowest BCUT2D eigenvalue weighted by molar-refractivity contribution is -0.134. The summed E-state index contributed by atoms with van der Waals surface area (Å²) >= 11 is 1.95. The number of aryl methyl sites for hydroxylation is 2. The van der Waals surface area contributed by atoms with E-state index >= 15 is 0 Å². The van der Waals surface area contributed by atoms with Crippen LogP contribution in [0.15, 0.2) is 12.5 Å². The predicted molar refractivity (Wildman–Crippen MR) is 153 cm³/mol. The molecule has 0 radical (unpaired) electrons. The van der Waals surface area contributed by atoms with E-state index in [1.165, 1.54) is 48.6 Å². The highest BCUT2D eigenvalue weighted by molar-refractivity contribution is 7.19. The molecule has 2 saturated heterocycles. The maximum atomic E-state index is 13.3. The van der Waals surface area contributed by atoms with Crippen molar-refractivity contribution in [2.75, 3.05) is 13.1 Å². The monoisotopic (exact) mass is 530 g/mol. The van der Waals surface area contributed by atoms with Gasteiger partial charge in [-0.25, -0.2) is 9.50 Å². The number of piperidine rings is 1. The fourth-order valence-electron chi connectivity index (χ4n) is 7.69. The number of aromatic nitrogens is 4. The van der Waals surface area contributed by atoms with Crippen LogP contribution in [-0.2, 0) is 4.79 Å². The molecule has 4 aromatic rings. The molecule has 6 heterocycles. The van der Waals surface area contributed by atoms with E-state index in [4.69, 9.17) is 0 Å². The predicted octanol–water partition coefficient (Wildman–Crippen LogP) is 5.69. The maximum Gasteiger partial charge on any atom is 0.239 e. The zero-order valence-corrected chi connectivity index (χ0v) is 24.1.